The van der Waals surface area contributed by atoms with Crippen molar-refractivity contribution >= 4 is 35.8 Å². The molecule has 0 bridgehead atoms. The Labute approximate surface area is 202 Å². The summed E-state index contributed by atoms with van der Waals surface area (Å²) < 4.78 is 5.73. The molecule has 1 saturated heterocycles. The van der Waals surface area contributed by atoms with Crippen molar-refractivity contribution in [1.29, 1.82) is 0 Å². The van der Waals surface area contributed by atoms with Crippen molar-refractivity contribution in [3.63, 3.8) is 0 Å². The van der Waals surface area contributed by atoms with E-state index in [0.29, 0.717) is 31.7 Å². The number of guanidine groups is 1. The zero-order chi connectivity index (χ0) is 21.5. The van der Waals surface area contributed by atoms with Crippen LogP contribution in [0.2, 0.25) is 0 Å². The molecule has 0 aliphatic carbocycles. The smallest absolute Gasteiger partial charge is 0.254 e. The second-order valence-electron chi connectivity index (χ2n) is 8.04. The van der Waals surface area contributed by atoms with E-state index in [4.69, 9.17) is 4.74 Å². The zero-order valence-electron chi connectivity index (χ0n) is 18.7. The van der Waals surface area contributed by atoms with Gasteiger partial charge in [-0.3, -0.25) is 4.79 Å². The number of rotatable bonds is 5. The molecule has 1 heterocycles. The third kappa shape index (κ3) is 7.50. The number of halogens is 1. The molecule has 1 amide bonds. The van der Waals surface area contributed by atoms with Gasteiger partial charge < -0.3 is 19.9 Å². The third-order valence-corrected chi connectivity index (χ3v) is 5.04. The van der Waals surface area contributed by atoms with Crippen LogP contribution in [0.5, 0.6) is 0 Å². The lowest BCUT2D eigenvalue weighted by atomic mass is 10.1. The van der Waals surface area contributed by atoms with Gasteiger partial charge in [0.1, 0.15) is 0 Å². The van der Waals surface area contributed by atoms with Gasteiger partial charge in [-0.05, 0) is 37.1 Å². The lowest BCUT2D eigenvalue weighted by Gasteiger charge is -2.35. The first kappa shape index (κ1) is 25.1. The van der Waals surface area contributed by atoms with E-state index >= 15 is 0 Å². The van der Waals surface area contributed by atoms with Crippen molar-refractivity contribution in [2.24, 2.45) is 4.99 Å². The summed E-state index contributed by atoms with van der Waals surface area (Å²) in [5.74, 6) is 0.894. The molecule has 0 saturated carbocycles. The minimum absolute atomic E-state index is 0. The molecular formula is C24H33IN4O2. The maximum atomic E-state index is 12.8. The molecule has 6 nitrogen and oxygen atoms in total. The van der Waals surface area contributed by atoms with Gasteiger partial charge in [0.25, 0.3) is 5.91 Å². The molecule has 1 fully saturated rings. The predicted octanol–water partition coefficient (Wildman–Crippen LogP) is 3.76. The molecule has 2 aromatic rings. The summed E-state index contributed by atoms with van der Waals surface area (Å²) in [5, 5.41) is 3.39. The first-order chi connectivity index (χ1) is 14.4. The van der Waals surface area contributed by atoms with Crippen LogP contribution < -0.4 is 5.32 Å². The molecule has 0 radical (unpaired) electrons. The van der Waals surface area contributed by atoms with Gasteiger partial charge in [-0.15, -0.1) is 24.0 Å². The Balaban J connectivity index is 0.00000341. The fraction of sp³-hybridized carbons (Fsp3) is 0.417. The SMILES string of the molecule is CC1CN(C(=O)c2ccc(CNC(=NCc3ccccc3)N(C)C)cc2)CC(C)O1.I. The van der Waals surface area contributed by atoms with Crippen LogP contribution in [0, 0.1) is 0 Å². The van der Waals surface area contributed by atoms with Crippen molar-refractivity contribution in [1.82, 2.24) is 15.1 Å². The van der Waals surface area contributed by atoms with Crippen LogP contribution >= 0.6 is 24.0 Å². The largest absolute Gasteiger partial charge is 0.372 e. The van der Waals surface area contributed by atoms with Gasteiger partial charge in [0, 0.05) is 39.3 Å². The quantitative estimate of drug-likeness (QED) is 0.359. The highest BCUT2D eigenvalue weighted by Crippen LogP contribution is 2.15. The summed E-state index contributed by atoms with van der Waals surface area (Å²) in [6.45, 7) is 6.56. The van der Waals surface area contributed by atoms with E-state index in [1.807, 2.05) is 80.2 Å². The van der Waals surface area contributed by atoms with E-state index in [0.717, 1.165) is 11.5 Å². The number of amides is 1. The molecule has 31 heavy (non-hydrogen) atoms. The first-order valence-corrected chi connectivity index (χ1v) is 10.5. The molecule has 3 rings (SSSR count). The highest BCUT2D eigenvalue weighted by molar-refractivity contribution is 14.0. The average molecular weight is 536 g/mol. The summed E-state index contributed by atoms with van der Waals surface area (Å²) in [4.78, 5) is 21.4. The second-order valence-corrected chi connectivity index (χ2v) is 8.04. The summed E-state index contributed by atoms with van der Waals surface area (Å²) in [7, 11) is 3.95. The highest BCUT2D eigenvalue weighted by Gasteiger charge is 2.26. The van der Waals surface area contributed by atoms with Gasteiger partial charge in [-0.1, -0.05) is 42.5 Å². The molecule has 0 aromatic heterocycles. The molecule has 2 unspecified atom stereocenters. The van der Waals surface area contributed by atoms with Crippen LogP contribution in [0.25, 0.3) is 0 Å². The Bertz CT molecular complexity index is 846. The lowest BCUT2D eigenvalue weighted by Crippen LogP contribution is -2.48. The number of carbonyl (C=O) groups is 1. The van der Waals surface area contributed by atoms with Crippen molar-refractivity contribution in [3.05, 3.63) is 71.3 Å². The summed E-state index contributed by atoms with van der Waals surface area (Å²) in [6, 6.07) is 18.0. The second kappa shape index (κ2) is 12.0. The van der Waals surface area contributed by atoms with Gasteiger partial charge in [0.15, 0.2) is 5.96 Å². The fourth-order valence-electron chi connectivity index (χ4n) is 3.58. The fourth-order valence-corrected chi connectivity index (χ4v) is 3.58. The average Bonchev–Trinajstić information content (AvgIpc) is 2.73. The number of morpholine rings is 1. The van der Waals surface area contributed by atoms with Crippen LogP contribution in [0.1, 0.15) is 35.3 Å². The maximum absolute atomic E-state index is 12.8. The van der Waals surface area contributed by atoms with Crippen molar-refractivity contribution in [2.75, 3.05) is 27.2 Å². The third-order valence-electron chi connectivity index (χ3n) is 5.04. The summed E-state index contributed by atoms with van der Waals surface area (Å²) in [5.41, 5.74) is 2.99. The monoisotopic (exact) mass is 536 g/mol. The van der Waals surface area contributed by atoms with Crippen LogP contribution in [0.3, 0.4) is 0 Å². The van der Waals surface area contributed by atoms with Crippen molar-refractivity contribution in [3.8, 4) is 0 Å². The number of ether oxygens (including phenoxy) is 1. The maximum Gasteiger partial charge on any atom is 0.254 e. The molecule has 2 aromatic carbocycles. The Morgan fingerprint density at radius 2 is 1.65 bits per heavy atom. The standard InChI is InChI=1S/C24H32N4O2.HI/c1-18-16-28(17-19(2)30-18)23(29)22-12-10-21(11-13-22)15-26-24(27(3)4)25-14-20-8-6-5-7-9-20;/h5-13,18-19H,14-17H2,1-4H3,(H,25,26);1H. The number of carbonyl (C=O) groups excluding carboxylic acids is 1. The molecule has 0 spiro atoms. The van der Waals surface area contributed by atoms with Gasteiger partial charge in [-0.25, -0.2) is 4.99 Å². The van der Waals surface area contributed by atoms with E-state index in [2.05, 4.69) is 22.4 Å². The van der Waals surface area contributed by atoms with E-state index in [9.17, 15) is 4.79 Å². The number of nitrogens with one attached hydrogen (secondary N) is 1. The Kier molecular flexibility index (Phi) is 9.77. The minimum Gasteiger partial charge on any atom is -0.372 e. The molecule has 2 atom stereocenters. The van der Waals surface area contributed by atoms with Crippen molar-refractivity contribution in [2.45, 2.75) is 39.1 Å². The molecule has 1 aliphatic rings. The topological polar surface area (TPSA) is 57.2 Å². The van der Waals surface area contributed by atoms with E-state index in [1.54, 1.807) is 0 Å². The molecule has 1 N–H and O–H groups in total. The lowest BCUT2D eigenvalue weighted by molar-refractivity contribution is -0.0586. The number of benzene rings is 2. The Hall–Kier alpha value is -2.13. The van der Waals surface area contributed by atoms with Crippen LogP contribution in [-0.4, -0.2) is 61.1 Å². The highest BCUT2D eigenvalue weighted by atomic mass is 127. The molecule has 7 heteroatoms. The van der Waals surface area contributed by atoms with Gasteiger partial charge in [0.2, 0.25) is 0 Å². The zero-order valence-corrected chi connectivity index (χ0v) is 21.1. The van der Waals surface area contributed by atoms with Gasteiger partial charge in [-0.2, -0.15) is 0 Å². The Morgan fingerprint density at radius 3 is 2.23 bits per heavy atom. The Morgan fingerprint density at radius 1 is 1.03 bits per heavy atom. The summed E-state index contributed by atoms with van der Waals surface area (Å²) in [6.07, 6.45) is 0.140. The van der Waals surface area contributed by atoms with Crippen LogP contribution in [0.15, 0.2) is 59.6 Å². The predicted molar refractivity (Wildman–Crippen MR) is 136 cm³/mol. The molecule has 168 valence electrons. The van der Waals surface area contributed by atoms with Crippen LogP contribution in [-0.2, 0) is 17.8 Å². The van der Waals surface area contributed by atoms with E-state index < -0.39 is 0 Å². The van der Waals surface area contributed by atoms with Gasteiger partial charge in [0.05, 0.1) is 18.8 Å². The van der Waals surface area contributed by atoms with Crippen LogP contribution in [0.4, 0.5) is 0 Å². The minimum atomic E-state index is 0. The number of hydrogen-bond donors (Lipinski definition) is 1. The van der Waals surface area contributed by atoms with Gasteiger partial charge >= 0.3 is 0 Å². The van der Waals surface area contributed by atoms with E-state index in [1.165, 1.54) is 5.56 Å². The summed E-state index contributed by atoms with van der Waals surface area (Å²) >= 11 is 0. The number of nitrogens with zero attached hydrogens (tertiary/aromatic N) is 3. The normalized spacial score (nSPS) is 18.8. The number of aliphatic imine (C=N–C) groups is 1. The van der Waals surface area contributed by atoms with Crippen molar-refractivity contribution < 1.29 is 9.53 Å². The van der Waals surface area contributed by atoms with E-state index in [-0.39, 0.29) is 42.1 Å². The number of hydrogen-bond acceptors (Lipinski definition) is 3. The molecular weight excluding hydrogens is 503 g/mol. The first-order valence-electron chi connectivity index (χ1n) is 10.5. The molecule has 1 aliphatic heterocycles.